The minimum Gasteiger partial charge on any atom is -0.370 e. The Kier molecular flexibility index (Phi) is 9.86. The molecule has 0 radical (unpaired) electrons. The molecule has 9 heteroatoms. The third-order valence-electron chi connectivity index (χ3n) is 4.23. The fraction of sp³-hybridized carbons (Fsp3) is 0.318. The zero-order valence-corrected chi connectivity index (χ0v) is 18.6. The number of hydrogen-bond acceptors (Lipinski definition) is 5. The minimum atomic E-state index is -0.358. The highest BCUT2D eigenvalue weighted by Crippen LogP contribution is 2.27. The van der Waals surface area contributed by atoms with Gasteiger partial charge in [-0.1, -0.05) is 24.3 Å². The lowest BCUT2D eigenvalue weighted by Crippen LogP contribution is -2.31. The molecule has 8 nitrogen and oxygen atoms in total. The number of amides is 4. The second-order valence-electron chi connectivity index (χ2n) is 7.13. The van der Waals surface area contributed by atoms with Gasteiger partial charge in [0.05, 0.1) is 5.69 Å². The van der Waals surface area contributed by atoms with Gasteiger partial charge in [-0.05, 0) is 43.9 Å². The van der Waals surface area contributed by atoms with Crippen molar-refractivity contribution >= 4 is 35.3 Å². The molecule has 0 atom stereocenters. The number of thioether (sulfide) groups is 1. The van der Waals surface area contributed by atoms with Crippen molar-refractivity contribution in [3.8, 4) is 0 Å². The van der Waals surface area contributed by atoms with Gasteiger partial charge in [0.2, 0.25) is 5.91 Å². The molecule has 2 aromatic rings. The molecular weight excluding hydrogens is 414 g/mol. The first-order valence-electron chi connectivity index (χ1n) is 9.92. The first kappa shape index (κ1) is 24.2. The van der Waals surface area contributed by atoms with E-state index in [4.69, 9.17) is 5.73 Å². The molecule has 0 saturated heterocycles. The lowest BCUT2D eigenvalue weighted by atomic mass is 10.1. The van der Waals surface area contributed by atoms with Crippen LogP contribution in [0.5, 0.6) is 0 Å². The molecule has 0 spiro atoms. The summed E-state index contributed by atoms with van der Waals surface area (Å²) in [5.41, 5.74) is 7.20. The first-order chi connectivity index (χ1) is 14.8. The predicted molar refractivity (Wildman–Crippen MR) is 124 cm³/mol. The van der Waals surface area contributed by atoms with Crippen LogP contribution in [0.1, 0.15) is 22.3 Å². The molecule has 2 rings (SSSR count). The lowest BCUT2D eigenvalue weighted by molar-refractivity contribution is -0.117. The third-order valence-corrected chi connectivity index (χ3v) is 5.30. The molecule has 0 fully saturated rings. The van der Waals surface area contributed by atoms with E-state index >= 15 is 0 Å². The van der Waals surface area contributed by atoms with E-state index in [-0.39, 0.29) is 30.8 Å². The summed E-state index contributed by atoms with van der Waals surface area (Å²) in [7, 11) is 3.89. The Morgan fingerprint density at radius 1 is 1.03 bits per heavy atom. The molecule has 0 unspecified atom stereocenters. The number of hydrogen-bond donors (Lipinski definition) is 4. The first-order valence-corrected chi connectivity index (χ1v) is 10.9. The van der Waals surface area contributed by atoms with E-state index in [1.807, 2.05) is 43.3 Å². The maximum Gasteiger partial charge on any atom is 0.319 e. The molecule has 0 saturated carbocycles. The van der Waals surface area contributed by atoms with Crippen LogP contribution in [0.15, 0.2) is 53.4 Å². The second-order valence-corrected chi connectivity index (χ2v) is 8.26. The summed E-state index contributed by atoms with van der Waals surface area (Å²) in [5.74, 6) is 0.0401. The quantitative estimate of drug-likeness (QED) is 0.398. The summed E-state index contributed by atoms with van der Waals surface area (Å²) in [6, 6.07) is 14.2. The van der Waals surface area contributed by atoms with E-state index in [1.165, 1.54) is 11.8 Å². The zero-order valence-electron chi connectivity index (χ0n) is 17.8. The van der Waals surface area contributed by atoms with Gasteiger partial charge in [-0.15, -0.1) is 11.8 Å². The lowest BCUT2D eigenvalue weighted by Gasteiger charge is -2.12. The highest BCUT2D eigenvalue weighted by atomic mass is 32.2. The highest BCUT2D eigenvalue weighted by Gasteiger charge is 2.09. The molecule has 0 aliphatic heterocycles. The van der Waals surface area contributed by atoms with Crippen LogP contribution in [-0.4, -0.2) is 55.7 Å². The number of carbonyl (C=O) groups excluding carboxylic acids is 3. The van der Waals surface area contributed by atoms with Crippen LogP contribution >= 0.6 is 11.8 Å². The van der Waals surface area contributed by atoms with Crippen molar-refractivity contribution in [2.75, 3.05) is 38.3 Å². The van der Waals surface area contributed by atoms with Gasteiger partial charge in [0.25, 0.3) is 5.91 Å². The Hall–Kier alpha value is -3.04. The summed E-state index contributed by atoms with van der Waals surface area (Å²) in [6.45, 7) is 1.60. The van der Waals surface area contributed by atoms with Crippen molar-refractivity contribution in [1.29, 1.82) is 0 Å². The van der Waals surface area contributed by atoms with Crippen molar-refractivity contribution in [1.82, 2.24) is 15.5 Å². The van der Waals surface area contributed by atoms with Gasteiger partial charge in [-0.3, -0.25) is 9.59 Å². The molecule has 2 aromatic carbocycles. The number of urea groups is 1. The van der Waals surface area contributed by atoms with Crippen LogP contribution in [0.3, 0.4) is 0 Å². The molecule has 0 heterocycles. The number of nitrogens with zero attached hydrogens (tertiary/aromatic N) is 1. The third kappa shape index (κ3) is 9.10. The Bertz CT molecular complexity index is 904. The smallest absolute Gasteiger partial charge is 0.319 e. The topological polar surface area (TPSA) is 117 Å². The van der Waals surface area contributed by atoms with Crippen LogP contribution in [0, 0.1) is 0 Å². The van der Waals surface area contributed by atoms with Crippen LogP contribution in [0.25, 0.3) is 0 Å². The number of anilines is 1. The number of nitrogens with two attached hydrogens (primary N) is 1. The fourth-order valence-electron chi connectivity index (χ4n) is 2.62. The van der Waals surface area contributed by atoms with Crippen molar-refractivity contribution in [3.63, 3.8) is 0 Å². The van der Waals surface area contributed by atoms with Gasteiger partial charge >= 0.3 is 6.03 Å². The summed E-state index contributed by atoms with van der Waals surface area (Å²) >= 11 is 1.45. The van der Waals surface area contributed by atoms with Crippen molar-refractivity contribution in [2.24, 2.45) is 5.73 Å². The zero-order chi connectivity index (χ0) is 22.6. The molecule has 5 N–H and O–H groups in total. The number of carbonyl (C=O) groups is 3. The largest absolute Gasteiger partial charge is 0.370 e. The standard InChI is InChI=1S/C22H29N5O3S/c1-27(2)12-11-24-21(29)17-7-5-6-16(14-17)15-25-22(30)26-18-8-3-4-9-19(18)31-13-10-20(23)28/h3-9,14H,10-13,15H2,1-2H3,(H2,23,28)(H,24,29)(H2,25,26,30). The number of para-hydroxylation sites is 1. The Morgan fingerprint density at radius 2 is 1.81 bits per heavy atom. The second kappa shape index (κ2) is 12.6. The minimum absolute atomic E-state index is 0.143. The van der Waals surface area contributed by atoms with Crippen LogP contribution < -0.4 is 21.7 Å². The molecule has 166 valence electrons. The van der Waals surface area contributed by atoms with Gasteiger partial charge in [0, 0.05) is 42.3 Å². The SMILES string of the molecule is CN(C)CCNC(=O)c1cccc(CNC(=O)Nc2ccccc2SCCC(N)=O)c1. The predicted octanol–water partition coefficient (Wildman–Crippen LogP) is 2.27. The maximum atomic E-state index is 12.4. The van der Waals surface area contributed by atoms with E-state index in [0.717, 1.165) is 17.0 Å². The summed E-state index contributed by atoms with van der Waals surface area (Å²) in [5, 5.41) is 8.50. The Morgan fingerprint density at radius 3 is 2.55 bits per heavy atom. The summed E-state index contributed by atoms with van der Waals surface area (Å²) in [6.07, 6.45) is 0.268. The number of nitrogens with one attached hydrogen (secondary N) is 3. The van der Waals surface area contributed by atoms with Gasteiger partial charge < -0.3 is 26.6 Å². The van der Waals surface area contributed by atoms with E-state index in [0.29, 0.717) is 23.5 Å². The monoisotopic (exact) mass is 443 g/mol. The summed E-state index contributed by atoms with van der Waals surface area (Å²) in [4.78, 5) is 38.4. The molecular formula is C22H29N5O3S. The molecule has 0 bridgehead atoms. The molecule has 0 aliphatic carbocycles. The number of benzene rings is 2. The number of primary amides is 1. The maximum absolute atomic E-state index is 12.4. The van der Waals surface area contributed by atoms with Gasteiger partial charge in [0.15, 0.2) is 0 Å². The fourth-order valence-corrected chi connectivity index (χ4v) is 3.60. The average molecular weight is 444 g/mol. The van der Waals surface area contributed by atoms with Crippen molar-refractivity contribution in [2.45, 2.75) is 17.9 Å². The van der Waals surface area contributed by atoms with Gasteiger partial charge in [0.1, 0.15) is 0 Å². The Balaban J connectivity index is 1.88. The highest BCUT2D eigenvalue weighted by molar-refractivity contribution is 7.99. The van der Waals surface area contributed by atoms with E-state index in [9.17, 15) is 14.4 Å². The summed E-state index contributed by atoms with van der Waals surface area (Å²) < 4.78 is 0. The normalized spacial score (nSPS) is 10.5. The van der Waals surface area contributed by atoms with E-state index < -0.39 is 0 Å². The molecule has 0 aliphatic rings. The van der Waals surface area contributed by atoms with Crippen LogP contribution in [0.2, 0.25) is 0 Å². The van der Waals surface area contributed by atoms with Crippen molar-refractivity contribution < 1.29 is 14.4 Å². The van der Waals surface area contributed by atoms with E-state index in [1.54, 1.807) is 24.3 Å². The van der Waals surface area contributed by atoms with Crippen LogP contribution in [-0.2, 0) is 11.3 Å². The molecule has 4 amide bonds. The van der Waals surface area contributed by atoms with Crippen LogP contribution in [0.4, 0.5) is 10.5 Å². The Labute approximate surface area is 186 Å². The molecule has 31 heavy (non-hydrogen) atoms. The molecule has 0 aromatic heterocycles. The van der Waals surface area contributed by atoms with Crippen molar-refractivity contribution in [3.05, 3.63) is 59.7 Å². The van der Waals surface area contributed by atoms with Gasteiger partial charge in [-0.25, -0.2) is 4.79 Å². The number of likely N-dealkylation sites (N-methyl/N-ethyl adjacent to an activating group) is 1. The van der Waals surface area contributed by atoms with Gasteiger partial charge in [-0.2, -0.15) is 0 Å². The van der Waals surface area contributed by atoms with E-state index in [2.05, 4.69) is 16.0 Å². The average Bonchev–Trinajstić information content (AvgIpc) is 2.73. The number of rotatable bonds is 11.